The number of rotatable bonds is 6. The van der Waals surface area contributed by atoms with Crippen LogP contribution in [-0.2, 0) is 0 Å². The Bertz CT molecular complexity index is 720. The van der Waals surface area contributed by atoms with Crippen molar-refractivity contribution in [2.75, 3.05) is 21.3 Å². The standard InChI is InChI=1S/C17H17ClN2O4/c1-22-14-8-12(9-15(23-2)16(14)24-3)17(21)20-19-10-11-4-6-13(18)7-5-11/h4-10H,1-3H3,(H,20,21)/b19-10+. The maximum Gasteiger partial charge on any atom is 0.271 e. The fraction of sp³-hybridized carbons (Fsp3) is 0.176. The molecule has 0 heterocycles. The van der Waals surface area contributed by atoms with Gasteiger partial charge in [0.1, 0.15) is 0 Å². The molecule has 6 nitrogen and oxygen atoms in total. The van der Waals surface area contributed by atoms with Crippen molar-refractivity contribution in [2.24, 2.45) is 5.10 Å². The highest BCUT2D eigenvalue weighted by atomic mass is 35.5. The SMILES string of the molecule is COc1cc(C(=O)N/N=C/c2ccc(Cl)cc2)cc(OC)c1OC. The molecule has 1 amide bonds. The zero-order chi connectivity index (χ0) is 17.5. The van der Waals surface area contributed by atoms with E-state index in [1.54, 1.807) is 36.4 Å². The predicted octanol–water partition coefficient (Wildman–Crippen LogP) is 3.13. The summed E-state index contributed by atoms with van der Waals surface area (Å²) in [5.74, 6) is 0.799. The number of amides is 1. The fourth-order valence-corrected chi connectivity index (χ4v) is 2.12. The van der Waals surface area contributed by atoms with Crippen molar-refractivity contribution in [3.63, 3.8) is 0 Å². The smallest absolute Gasteiger partial charge is 0.271 e. The quantitative estimate of drug-likeness (QED) is 0.643. The van der Waals surface area contributed by atoms with Crippen molar-refractivity contribution in [2.45, 2.75) is 0 Å². The normalized spacial score (nSPS) is 10.5. The summed E-state index contributed by atoms with van der Waals surface area (Å²) in [6.45, 7) is 0. The predicted molar refractivity (Wildman–Crippen MR) is 92.6 cm³/mol. The first-order valence-corrected chi connectivity index (χ1v) is 7.35. The summed E-state index contributed by atoms with van der Waals surface area (Å²) in [5.41, 5.74) is 3.59. The molecule has 0 bridgehead atoms. The van der Waals surface area contributed by atoms with Gasteiger partial charge in [-0.15, -0.1) is 0 Å². The van der Waals surface area contributed by atoms with Crippen LogP contribution >= 0.6 is 11.6 Å². The summed E-state index contributed by atoms with van der Waals surface area (Å²) in [6, 6.07) is 10.2. The van der Waals surface area contributed by atoms with Gasteiger partial charge < -0.3 is 14.2 Å². The largest absolute Gasteiger partial charge is 0.493 e. The average Bonchev–Trinajstić information content (AvgIpc) is 2.61. The lowest BCUT2D eigenvalue weighted by atomic mass is 10.1. The first-order valence-electron chi connectivity index (χ1n) is 6.98. The Morgan fingerprint density at radius 2 is 1.62 bits per heavy atom. The summed E-state index contributed by atoms with van der Waals surface area (Å²) in [5, 5.41) is 4.55. The van der Waals surface area contributed by atoms with Crippen molar-refractivity contribution < 1.29 is 19.0 Å². The molecule has 24 heavy (non-hydrogen) atoms. The number of hydrogen-bond donors (Lipinski definition) is 1. The third-order valence-corrected chi connectivity index (χ3v) is 3.43. The van der Waals surface area contributed by atoms with E-state index in [1.165, 1.54) is 27.5 Å². The molecule has 7 heteroatoms. The van der Waals surface area contributed by atoms with Crippen LogP contribution in [0.3, 0.4) is 0 Å². The second-order valence-corrected chi connectivity index (χ2v) is 5.10. The molecule has 0 radical (unpaired) electrons. The Morgan fingerprint density at radius 3 is 2.12 bits per heavy atom. The summed E-state index contributed by atoms with van der Waals surface area (Å²) < 4.78 is 15.7. The van der Waals surface area contributed by atoms with Crippen LogP contribution in [0.5, 0.6) is 17.2 Å². The van der Waals surface area contributed by atoms with Crippen LogP contribution in [0, 0.1) is 0 Å². The van der Waals surface area contributed by atoms with E-state index < -0.39 is 5.91 Å². The van der Waals surface area contributed by atoms with Crippen molar-refractivity contribution >= 4 is 23.7 Å². The number of carbonyl (C=O) groups is 1. The first kappa shape index (κ1) is 17.6. The van der Waals surface area contributed by atoms with Gasteiger partial charge in [0.2, 0.25) is 5.75 Å². The molecule has 1 N–H and O–H groups in total. The highest BCUT2D eigenvalue weighted by Crippen LogP contribution is 2.38. The van der Waals surface area contributed by atoms with E-state index in [0.717, 1.165) is 5.56 Å². The van der Waals surface area contributed by atoms with Gasteiger partial charge in [-0.2, -0.15) is 5.10 Å². The number of nitrogens with zero attached hydrogens (tertiary/aromatic N) is 1. The molecule has 0 aliphatic rings. The second kappa shape index (κ2) is 8.21. The maximum absolute atomic E-state index is 12.2. The van der Waals surface area contributed by atoms with Gasteiger partial charge >= 0.3 is 0 Å². The topological polar surface area (TPSA) is 69.2 Å². The van der Waals surface area contributed by atoms with Crippen LogP contribution in [0.4, 0.5) is 0 Å². The number of hydrogen-bond acceptors (Lipinski definition) is 5. The molecule has 0 aliphatic carbocycles. The zero-order valence-electron chi connectivity index (χ0n) is 13.5. The van der Waals surface area contributed by atoms with E-state index in [9.17, 15) is 4.79 Å². The van der Waals surface area contributed by atoms with Gasteiger partial charge in [-0.3, -0.25) is 4.79 Å². The van der Waals surface area contributed by atoms with E-state index in [0.29, 0.717) is 27.8 Å². The highest BCUT2D eigenvalue weighted by molar-refractivity contribution is 6.30. The molecule has 0 unspecified atom stereocenters. The van der Waals surface area contributed by atoms with Gasteiger partial charge in [0, 0.05) is 10.6 Å². The van der Waals surface area contributed by atoms with Crippen LogP contribution < -0.4 is 19.6 Å². The summed E-state index contributed by atoms with van der Waals surface area (Å²) in [4.78, 5) is 12.2. The third kappa shape index (κ3) is 4.17. The van der Waals surface area contributed by atoms with Gasteiger partial charge in [0.15, 0.2) is 11.5 Å². The van der Waals surface area contributed by atoms with E-state index >= 15 is 0 Å². The minimum absolute atomic E-state index is 0.331. The average molecular weight is 349 g/mol. The van der Waals surface area contributed by atoms with Crippen LogP contribution in [0.2, 0.25) is 5.02 Å². The Labute approximate surface area is 145 Å². The molecule has 0 aliphatic heterocycles. The molecule has 2 rings (SSSR count). The molecule has 0 atom stereocenters. The molecule has 126 valence electrons. The van der Waals surface area contributed by atoms with Crippen molar-refractivity contribution in [3.05, 3.63) is 52.5 Å². The second-order valence-electron chi connectivity index (χ2n) is 4.66. The first-order chi connectivity index (χ1) is 11.6. The minimum Gasteiger partial charge on any atom is -0.493 e. The molecule has 2 aromatic rings. The molecule has 0 spiro atoms. The van der Waals surface area contributed by atoms with E-state index in [4.69, 9.17) is 25.8 Å². The Hall–Kier alpha value is -2.73. The van der Waals surface area contributed by atoms with Crippen LogP contribution in [0.1, 0.15) is 15.9 Å². The number of halogens is 1. The van der Waals surface area contributed by atoms with Gasteiger partial charge in [0.25, 0.3) is 5.91 Å². The fourth-order valence-electron chi connectivity index (χ4n) is 1.99. The minimum atomic E-state index is -0.403. The molecular weight excluding hydrogens is 332 g/mol. The number of methoxy groups -OCH3 is 3. The Morgan fingerprint density at radius 1 is 1.04 bits per heavy atom. The summed E-state index contributed by atoms with van der Waals surface area (Å²) >= 11 is 5.81. The lowest BCUT2D eigenvalue weighted by Gasteiger charge is -2.13. The van der Waals surface area contributed by atoms with Crippen molar-refractivity contribution in [1.29, 1.82) is 0 Å². The number of carbonyl (C=O) groups excluding carboxylic acids is 1. The highest BCUT2D eigenvalue weighted by Gasteiger charge is 2.16. The lowest BCUT2D eigenvalue weighted by Crippen LogP contribution is -2.18. The monoisotopic (exact) mass is 348 g/mol. The Kier molecular flexibility index (Phi) is 6.03. The number of hydrazone groups is 1. The van der Waals surface area contributed by atoms with E-state index in [2.05, 4.69) is 10.5 Å². The van der Waals surface area contributed by atoms with Crippen LogP contribution in [-0.4, -0.2) is 33.5 Å². The van der Waals surface area contributed by atoms with Crippen LogP contribution in [0.15, 0.2) is 41.5 Å². The molecule has 0 aromatic heterocycles. The summed E-state index contributed by atoms with van der Waals surface area (Å²) in [7, 11) is 4.46. The molecule has 0 saturated carbocycles. The molecular formula is C17H17ClN2O4. The zero-order valence-corrected chi connectivity index (χ0v) is 14.3. The number of benzene rings is 2. The molecule has 2 aromatic carbocycles. The van der Waals surface area contributed by atoms with Gasteiger partial charge in [-0.25, -0.2) is 5.43 Å². The van der Waals surface area contributed by atoms with Crippen LogP contribution in [0.25, 0.3) is 0 Å². The van der Waals surface area contributed by atoms with Crippen molar-refractivity contribution in [1.82, 2.24) is 5.43 Å². The Balaban J connectivity index is 2.15. The number of nitrogens with one attached hydrogen (secondary N) is 1. The molecule has 0 fully saturated rings. The lowest BCUT2D eigenvalue weighted by molar-refractivity contribution is 0.0954. The summed E-state index contributed by atoms with van der Waals surface area (Å²) in [6.07, 6.45) is 1.52. The van der Waals surface area contributed by atoms with Gasteiger partial charge in [-0.05, 0) is 29.8 Å². The van der Waals surface area contributed by atoms with E-state index in [1.807, 2.05) is 0 Å². The van der Waals surface area contributed by atoms with Crippen molar-refractivity contribution in [3.8, 4) is 17.2 Å². The van der Waals surface area contributed by atoms with Gasteiger partial charge in [0.05, 0.1) is 27.5 Å². The number of ether oxygens (including phenoxy) is 3. The maximum atomic E-state index is 12.2. The van der Waals surface area contributed by atoms with Gasteiger partial charge in [-0.1, -0.05) is 23.7 Å². The van der Waals surface area contributed by atoms with E-state index in [-0.39, 0.29) is 0 Å². The third-order valence-electron chi connectivity index (χ3n) is 3.18. The molecule has 0 saturated heterocycles.